The van der Waals surface area contributed by atoms with Crippen LogP contribution in [0.4, 0.5) is 0 Å². The molecule has 2 bridgehead atoms. The van der Waals surface area contributed by atoms with Crippen molar-refractivity contribution in [3.63, 3.8) is 0 Å². The lowest BCUT2D eigenvalue weighted by Gasteiger charge is -2.39. The van der Waals surface area contributed by atoms with Gasteiger partial charge in [0.2, 0.25) is 0 Å². The summed E-state index contributed by atoms with van der Waals surface area (Å²) >= 11 is 0. The molecule has 0 N–H and O–H groups in total. The maximum absolute atomic E-state index is 5.98. The summed E-state index contributed by atoms with van der Waals surface area (Å²) in [6.45, 7) is 0.481. The van der Waals surface area contributed by atoms with Crippen molar-refractivity contribution in [1.82, 2.24) is 25.2 Å². The first-order valence-electron chi connectivity index (χ1n) is 11.3. The van der Waals surface area contributed by atoms with Crippen LogP contribution >= 0.6 is 0 Å². The van der Waals surface area contributed by atoms with E-state index < -0.39 is 0 Å². The van der Waals surface area contributed by atoms with Crippen LogP contribution < -0.4 is 4.74 Å². The Bertz CT molecular complexity index is 1180. The third-order valence-corrected chi connectivity index (χ3v) is 7.33. The molecule has 160 valence electrons. The zero-order valence-corrected chi connectivity index (χ0v) is 17.8. The number of rotatable bonds is 6. The highest BCUT2D eigenvalue weighted by molar-refractivity contribution is 5.47. The van der Waals surface area contributed by atoms with Crippen LogP contribution in [0.15, 0.2) is 79.3 Å². The standard InChI is InChI=1S/C26H25N5O/c1-2-14-27-23(3-1)17-32-25-12-8-21(9-13-25)26(16-19-4-5-22(26)15-19)20-6-10-24(11-7-20)31-18-28-29-30-31/h1-3,6-14,18-19,22H,4-5,15-17H2. The predicted octanol–water partition coefficient (Wildman–Crippen LogP) is 4.74. The lowest BCUT2D eigenvalue weighted by atomic mass is 9.64. The van der Waals surface area contributed by atoms with Crippen molar-refractivity contribution in [3.8, 4) is 11.4 Å². The summed E-state index contributed by atoms with van der Waals surface area (Å²) in [7, 11) is 0. The molecule has 2 aliphatic rings. The van der Waals surface area contributed by atoms with Gasteiger partial charge in [0.15, 0.2) is 0 Å². The Morgan fingerprint density at radius 2 is 1.75 bits per heavy atom. The van der Waals surface area contributed by atoms with Gasteiger partial charge in [-0.2, -0.15) is 0 Å². The molecule has 0 radical (unpaired) electrons. The summed E-state index contributed by atoms with van der Waals surface area (Å²) < 4.78 is 7.68. The van der Waals surface area contributed by atoms with Crippen molar-refractivity contribution in [3.05, 3.63) is 96.1 Å². The molecular weight excluding hydrogens is 398 g/mol. The molecule has 2 heterocycles. The summed E-state index contributed by atoms with van der Waals surface area (Å²) in [5, 5.41) is 11.5. The van der Waals surface area contributed by atoms with Crippen molar-refractivity contribution in [1.29, 1.82) is 0 Å². The van der Waals surface area contributed by atoms with Gasteiger partial charge < -0.3 is 4.74 Å². The molecule has 2 fully saturated rings. The van der Waals surface area contributed by atoms with Crippen LogP contribution in [0.5, 0.6) is 5.75 Å². The molecule has 2 aliphatic carbocycles. The molecule has 32 heavy (non-hydrogen) atoms. The minimum atomic E-state index is 0.0710. The lowest BCUT2D eigenvalue weighted by molar-refractivity contribution is 0.299. The van der Waals surface area contributed by atoms with Crippen LogP contribution in [0.25, 0.3) is 5.69 Å². The maximum Gasteiger partial charge on any atom is 0.143 e. The molecule has 0 aliphatic heterocycles. The molecule has 2 saturated carbocycles. The smallest absolute Gasteiger partial charge is 0.143 e. The summed E-state index contributed by atoms with van der Waals surface area (Å²) in [4.78, 5) is 4.34. The maximum atomic E-state index is 5.98. The molecular formula is C26H25N5O. The fourth-order valence-corrected chi connectivity index (χ4v) is 5.88. The van der Waals surface area contributed by atoms with Gasteiger partial charge in [0.05, 0.1) is 11.4 Å². The Labute approximate surface area is 187 Å². The first-order valence-corrected chi connectivity index (χ1v) is 11.3. The molecule has 0 saturated heterocycles. The lowest BCUT2D eigenvalue weighted by Crippen LogP contribution is -2.34. The number of hydrogen-bond acceptors (Lipinski definition) is 5. The first kappa shape index (κ1) is 19.2. The molecule has 2 aromatic heterocycles. The number of pyridine rings is 1. The molecule has 0 spiro atoms. The Morgan fingerprint density at radius 3 is 2.38 bits per heavy atom. The third-order valence-electron chi connectivity index (χ3n) is 7.33. The van der Waals surface area contributed by atoms with E-state index in [0.717, 1.165) is 23.0 Å². The zero-order chi connectivity index (χ0) is 21.4. The van der Waals surface area contributed by atoms with E-state index in [2.05, 4.69) is 69.0 Å². The summed E-state index contributed by atoms with van der Waals surface area (Å²) in [6, 6.07) is 23.4. The Balaban J connectivity index is 1.29. The first-order chi connectivity index (χ1) is 15.8. The van der Waals surface area contributed by atoms with E-state index in [-0.39, 0.29) is 5.41 Å². The monoisotopic (exact) mass is 423 g/mol. The van der Waals surface area contributed by atoms with Crippen molar-refractivity contribution in [2.75, 3.05) is 0 Å². The van der Waals surface area contributed by atoms with E-state index in [9.17, 15) is 0 Å². The van der Waals surface area contributed by atoms with Crippen molar-refractivity contribution >= 4 is 0 Å². The van der Waals surface area contributed by atoms with Gasteiger partial charge in [-0.25, -0.2) is 4.68 Å². The minimum absolute atomic E-state index is 0.0710. The van der Waals surface area contributed by atoms with Crippen molar-refractivity contribution < 1.29 is 4.74 Å². The van der Waals surface area contributed by atoms with Crippen LogP contribution in [0.2, 0.25) is 0 Å². The highest BCUT2D eigenvalue weighted by Gasteiger charge is 2.52. The second-order valence-electron chi connectivity index (χ2n) is 8.99. The molecule has 3 atom stereocenters. The van der Waals surface area contributed by atoms with Crippen LogP contribution in [-0.2, 0) is 12.0 Å². The van der Waals surface area contributed by atoms with E-state index in [1.165, 1.54) is 36.8 Å². The van der Waals surface area contributed by atoms with Gasteiger partial charge in [0.25, 0.3) is 0 Å². The van der Waals surface area contributed by atoms with Crippen LogP contribution in [-0.4, -0.2) is 25.2 Å². The van der Waals surface area contributed by atoms with E-state index in [0.29, 0.717) is 12.5 Å². The van der Waals surface area contributed by atoms with Gasteiger partial charge >= 0.3 is 0 Å². The van der Waals surface area contributed by atoms with Gasteiger partial charge in [-0.05, 0) is 89.1 Å². The quantitative estimate of drug-likeness (QED) is 0.448. The number of ether oxygens (including phenoxy) is 1. The number of fused-ring (bicyclic) bond motifs is 2. The average molecular weight is 424 g/mol. The van der Waals surface area contributed by atoms with Crippen molar-refractivity contribution in [2.45, 2.75) is 37.7 Å². The van der Waals surface area contributed by atoms with Gasteiger partial charge in [-0.15, -0.1) is 5.10 Å². The van der Waals surface area contributed by atoms with Crippen molar-refractivity contribution in [2.24, 2.45) is 11.8 Å². The number of aromatic nitrogens is 5. The molecule has 2 aromatic carbocycles. The number of tetrazole rings is 1. The number of benzene rings is 2. The van der Waals surface area contributed by atoms with Crippen LogP contribution in [0.3, 0.4) is 0 Å². The number of hydrogen-bond donors (Lipinski definition) is 0. The second-order valence-corrected chi connectivity index (χ2v) is 8.99. The molecule has 6 heteroatoms. The number of nitrogens with zero attached hydrogens (tertiary/aromatic N) is 5. The predicted molar refractivity (Wildman–Crippen MR) is 120 cm³/mol. The topological polar surface area (TPSA) is 65.7 Å². The Hall–Kier alpha value is -3.54. The molecule has 6 nitrogen and oxygen atoms in total. The molecule has 4 aromatic rings. The SMILES string of the molecule is c1ccc(COc2ccc(C3(c4ccc(-n5cnnn5)cc4)CC4CCC3C4)cc2)nc1. The largest absolute Gasteiger partial charge is 0.487 e. The van der Waals surface area contributed by atoms with E-state index >= 15 is 0 Å². The highest BCUT2D eigenvalue weighted by Crippen LogP contribution is 2.60. The van der Waals surface area contributed by atoms with E-state index in [1.807, 2.05) is 18.2 Å². The molecule has 6 rings (SSSR count). The fourth-order valence-electron chi connectivity index (χ4n) is 5.88. The van der Waals surface area contributed by atoms with E-state index in [4.69, 9.17) is 4.74 Å². The minimum Gasteiger partial charge on any atom is -0.487 e. The highest BCUT2D eigenvalue weighted by atomic mass is 16.5. The summed E-state index contributed by atoms with van der Waals surface area (Å²) in [5.74, 6) is 2.39. The van der Waals surface area contributed by atoms with Crippen LogP contribution in [0.1, 0.15) is 42.5 Å². The third kappa shape index (κ3) is 3.27. The molecule has 3 unspecified atom stereocenters. The summed E-state index contributed by atoms with van der Waals surface area (Å²) in [6.07, 6.45) is 8.64. The molecule has 0 amide bonds. The van der Waals surface area contributed by atoms with Gasteiger partial charge in [-0.3, -0.25) is 4.98 Å². The Morgan fingerprint density at radius 1 is 0.938 bits per heavy atom. The Kier molecular flexibility index (Phi) is 4.71. The summed E-state index contributed by atoms with van der Waals surface area (Å²) in [5.41, 5.74) is 4.77. The normalized spacial score (nSPS) is 24.0. The fraction of sp³-hybridized carbons (Fsp3) is 0.308. The van der Waals surface area contributed by atoms with Gasteiger partial charge in [-0.1, -0.05) is 36.8 Å². The van der Waals surface area contributed by atoms with Gasteiger partial charge in [0, 0.05) is 11.6 Å². The van der Waals surface area contributed by atoms with Crippen LogP contribution in [0, 0.1) is 11.8 Å². The van der Waals surface area contributed by atoms with E-state index in [1.54, 1.807) is 17.2 Å². The second kappa shape index (κ2) is 7.86. The van der Waals surface area contributed by atoms with Gasteiger partial charge in [0.1, 0.15) is 18.7 Å². The zero-order valence-electron chi connectivity index (χ0n) is 17.8. The average Bonchev–Trinajstić information content (AvgIpc) is 3.62.